The molecule has 1 saturated heterocycles. The van der Waals surface area contributed by atoms with Crippen LogP contribution < -0.4 is 10.2 Å². The second-order valence-corrected chi connectivity index (χ2v) is 8.34. The van der Waals surface area contributed by atoms with Crippen molar-refractivity contribution in [2.75, 3.05) is 56.2 Å². The summed E-state index contributed by atoms with van der Waals surface area (Å²) in [5, 5.41) is 3.30. The quantitative estimate of drug-likeness (QED) is 0.718. The van der Waals surface area contributed by atoms with Gasteiger partial charge < -0.3 is 15.0 Å². The Morgan fingerprint density at radius 1 is 1.31 bits per heavy atom. The van der Waals surface area contributed by atoms with Gasteiger partial charge in [-0.25, -0.2) is 4.98 Å². The van der Waals surface area contributed by atoms with E-state index >= 15 is 0 Å². The largest absolute Gasteiger partial charge is 0.378 e. The molecule has 2 aromatic rings. The average molecular weight is 458 g/mol. The Bertz CT molecular complexity index is 997. The SMILES string of the molecule is CCN(CC)CC1COCCN1CC(=O)N1c2cc(Cl)ccc2C(=O)Nc2cccnc21. The molecular formula is C23H28ClN5O3. The minimum Gasteiger partial charge on any atom is -0.378 e. The smallest absolute Gasteiger partial charge is 0.257 e. The highest BCUT2D eigenvalue weighted by Crippen LogP contribution is 2.37. The van der Waals surface area contributed by atoms with Crippen molar-refractivity contribution in [2.45, 2.75) is 19.9 Å². The lowest BCUT2D eigenvalue weighted by Gasteiger charge is -2.38. The fraction of sp³-hybridized carbons (Fsp3) is 0.435. The maximum Gasteiger partial charge on any atom is 0.257 e. The van der Waals surface area contributed by atoms with E-state index in [1.165, 1.54) is 4.90 Å². The third kappa shape index (κ3) is 4.63. The maximum absolute atomic E-state index is 13.7. The van der Waals surface area contributed by atoms with Gasteiger partial charge in [0.05, 0.1) is 36.7 Å². The molecule has 4 rings (SSSR count). The molecule has 1 unspecified atom stereocenters. The lowest BCUT2D eigenvalue weighted by Crippen LogP contribution is -2.54. The lowest BCUT2D eigenvalue weighted by atomic mass is 10.1. The molecule has 0 aliphatic carbocycles. The molecular weight excluding hydrogens is 430 g/mol. The number of aromatic nitrogens is 1. The number of morpholine rings is 1. The summed E-state index contributed by atoms with van der Waals surface area (Å²) >= 11 is 6.26. The fourth-order valence-corrected chi connectivity index (χ4v) is 4.37. The van der Waals surface area contributed by atoms with Gasteiger partial charge in [0.1, 0.15) is 0 Å². The summed E-state index contributed by atoms with van der Waals surface area (Å²) in [7, 11) is 0. The van der Waals surface area contributed by atoms with E-state index in [2.05, 4.69) is 33.9 Å². The van der Waals surface area contributed by atoms with E-state index in [1.54, 1.807) is 36.5 Å². The van der Waals surface area contributed by atoms with E-state index in [0.717, 1.165) is 19.6 Å². The summed E-state index contributed by atoms with van der Waals surface area (Å²) in [5.41, 5.74) is 1.30. The second-order valence-electron chi connectivity index (χ2n) is 7.90. The van der Waals surface area contributed by atoms with Crippen molar-refractivity contribution in [3.8, 4) is 0 Å². The van der Waals surface area contributed by atoms with E-state index in [4.69, 9.17) is 16.3 Å². The maximum atomic E-state index is 13.7. The Morgan fingerprint density at radius 2 is 2.12 bits per heavy atom. The molecule has 1 aromatic heterocycles. The van der Waals surface area contributed by atoms with Gasteiger partial charge in [0.15, 0.2) is 5.82 Å². The number of nitrogens with zero attached hydrogens (tertiary/aromatic N) is 4. The van der Waals surface area contributed by atoms with Crippen LogP contribution in [0.1, 0.15) is 24.2 Å². The second kappa shape index (κ2) is 9.95. The van der Waals surface area contributed by atoms with Gasteiger partial charge in [0.25, 0.3) is 5.91 Å². The molecule has 0 spiro atoms. The Kier molecular flexibility index (Phi) is 7.05. The van der Waals surface area contributed by atoms with Crippen LogP contribution in [0.4, 0.5) is 17.2 Å². The molecule has 1 atom stereocenters. The molecule has 170 valence electrons. The number of pyridine rings is 1. The van der Waals surface area contributed by atoms with E-state index in [-0.39, 0.29) is 24.4 Å². The predicted octanol–water partition coefficient (Wildman–Crippen LogP) is 3.01. The number of rotatable bonds is 6. The van der Waals surface area contributed by atoms with Crippen LogP contribution in [-0.4, -0.2) is 78.6 Å². The molecule has 1 fully saturated rings. The highest BCUT2D eigenvalue weighted by molar-refractivity contribution is 6.31. The molecule has 0 saturated carbocycles. The minimum absolute atomic E-state index is 0.112. The number of halogens is 1. The molecule has 32 heavy (non-hydrogen) atoms. The van der Waals surface area contributed by atoms with Gasteiger partial charge in [-0.15, -0.1) is 0 Å². The van der Waals surface area contributed by atoms with Gasteiger partial charge in [-0.05, 0) is 43.4 Å². The first kappa shape index (κ1) is 22.7. The molecule has 0 radical (unpaired) electrons. The number of ether oxygens (including phenoxy) is 1. The number of likely N-dealkylation sites (N-methyl/N-ethyl adjacent to an activating group) is 1. The number of hydrogen-bond acceptors (Lipinski definition) is 6. The summed E-state index contributed by atoms with van der Waals surface area (Å²) in [6.07, 6.45) is 1.61. The van der Waals surface area contributed by atoms with Crippen LogP contribution in [0.25, 0.3) is 0 Å². The molecule has 1 aromatic carbocycles. The van der Waals surface area contributed by atoms with Crippen molar-refractivity contribution in [3.63, 3.8) is 0 Å². The third-order valence-corrected chi connectivity index (χ3v) is 6.23. The van der Waals surface area contributed by atoms with E-state index in [0.29, 0.717) is 47.5 Å². The number of amides is 2. The number of carbonyl (C=O) groups is 2. The molecule has 3 heterocycles. The summed E-state index contributed by atoms with van der Waals surface area (Å²) < 4.78 is 5.71. The van der Waals surface area contributed by atoms with Gasteiger partial charge in [-0.1, -0.05) is 25.4 Å². The highest BCUT2D eigenvalue weighted by Gasteiger charge is 2.33. The predicted molar refractivity (Wildman–Crippen MR) is 125 cm³/mol. The van der Waals surface area contributed by atoms with Crippen molar-refractivity contribution in [2.24, 2.45) is 0 Å². The summed E-state index contributed by atoms with van der Waals surface area (Å²) in [6, 6.07) is 8.51. The van der Waals surface area contributed by atoms with Gasteiger partial charge in [-0.2, -0.15) is 0 Å². The topological polar surface area (TPSA) is 78.0 Å². The van der Waals surface area contributed by atoms with E-state index < -0.39 is 0 Å². The Morgan fingerprint density at radius 3 is 2.91 bits per heavy atom. The Labute approximate surface area is 193 Å². The van der Waals surface area contributed by atoms with Crippen LogP contribution >= 0.6 is 11.6 Å². The first-order chi connectivity index (χ1) is 15.5. The molecule has 2 aliphatic rings. The summed E-state index contributed by atoms with van der Waals surface area (Å²) in [6.45, 7) is 9.00. The molecule has 2 amide bonds. The standard InChI is InChI=1S/C23H28ClN5O3/c1-3-27(4-2)13-17-15-32-11-10-28(17)14-21(30)29-20-12-16(24)7-8-18(20)23(31)26-19-6-5-9-25-22(19)29/h5-9,12,17H,3-4,10-11,13-15H2,1-2H3,(H,26,31). The number of nitrogens with one attached hydrogen (secondary N) is 1. The summed E-state index contributed by atoms with van der Waals surface area (Å²) in [5.74, 6) is -0.0798. The lowest BCUT2D eigenvalue weighted by molar-refractivity contribution is -0.121. The van der Waals surface area contributed by atoms with Crippen LogP contribution in [0, 0.1) is 0 Å². The average Bonchev–Trinajstić information content (AvgIpc) is 2.91. The normalized spacial score (nSPS) is 18.7. The van der Waals surface area contributed by atoms with Crippen LogP contribution in [0.15, 0.2) is 36.5 Å². The van der Waals surface area contributed by atoms with Crippen molar-refractivity contribution < 1.29 is 14.3 Å². The number of benzene rings is 1. The van der Waals surface area contributed by atoms with Gasteiger partial charge in [0, 0.05) is 30.4 Å². The minimum atomic E-state index is -0.299. The zero-order valence-electron chi connectivity index (χ0n) is 18.4. The molecule has 9 heteroatoms. The first-order valence-electron chi connectivity index (χ1n) is 10.9. The Hall–Kier alpha value is -2.52. The van der Waals surface area contributed by atoms with E-state index in [9.17, 15) is 9.59 Å². The van der Waals surface area contributed by atoms with Crippen molar-refractivity contribution in [3.05, 3.63) is 47.1 Å². The molecule has 0 bridgehead atoms. The van der Waals surface area contributed by atoms with Crippen molar-refractivity contribution in [1.82, 2.24) is 14.8 Å². The van der Waals surface area contributed by atoms with Gasteiger partial charge in [0.2, 0.25) is 5.91 Å². The van der Waals surface area contributed by atoms with Crippen LogP contribution in [0.5, 0.6) is 0 Å². The number of anilines is 3. The monoisotopic (exact) mass is 457 g/mol. The fourth-order valence-electron chi connectivity index (χ4n) is 4.20. The number of hydrogen-bond donors (Lipinski definition) is 1. The molecule has 1 N–H and O–H groups in total. The first-order valence-corrected chi connectivity index (χ1v) is 11.3. The van der Waals surface area contributed by atoms with Crippen LogP contribution in [0.3, 0.4) is 0 Å². The zero-order chi connectivity index (χ0) is 22.7. The van der Waals surface area contributed by atoms with Crippen LogP contribution in [0.2, 0.25) is 5.02 Å². The number of fused-ring (bicyclic) bond motifs is 2. The highest BCUT2D eigenvalue weighted by atomic mass is 35.5. The third-order valence-electron chi connectivity index (χ3n) is 5.99. The van der Waals surface area contributed by atoms with Crippen LogP contribution in [-0.2, 0) is 9.53 Å². The zero-order valence-corrected chi connectivity index (χ0v) is 19.1. The Balaban J connectivity index is 1.67. The number of carbonyl (C=O) groups excluding carboxylic acids is 2. The molecule has 2 aliphatic heterocycles. The van der Waals surface area contributed by atoms with Gasteiger partial charge in [-0.3, -0.25) is 19.4 Å². The van der Waals surface area contributed by atoms with Gasteiger partial charge >= 0.3 is 0 Å². The molecule has 8 nitrogen and oxygen atoms in total. The van der Waals surface area contributed by atoms with Crippen molar-refractivity contribution in [1.29, 1.82) is 0 Å². The van der Waals surface area contributed by atoms with Crippen molar-refractivity contribution >= 4 is 40.6 Å². The summed E-state index contributed by atoms with van der Waals surface area (Å²) in [4.78, 5) is 37.0. The van der Waals surface area contributed by atoms with E-state index in [1.807, 2.05) is 0 Å².